The first kappa shape index (κ1) is 12.4. The molecule has 0 spiro atoms. The largest absolute Gasteiger partial charge is 0.497 e. The smallest absolute Gasteiger partial charge is 0.119 e. The zero-order chi connectivity index (χ0) is 12.3. The molecule has 1 atom stereocenters. The Balaban J connectivity index is 2.27. The van der Waals surface area contributed by atoms with E-state index in [1.165, 1.54) is 11.1 Å². The molecule has 1 aromatic rings. The zero-order valence-electron chi connectivity index (χ0n) is 11.0. The summed E-state index contributed by atoms with van der Waals surface area (Å²) in [4.78, 5) is 2.42. The van der Waals surface area contributed by atoms with Gasteiger partial charge < -0.3 is 10.1 Å². The van der Waals surface area contributed by atoms with E-state index in [-0.39, 0.29) is 0 Å². The lowest BCUT2D eigenvalue weighted by Gasteiger charge is -2.35. The van der Waals surface area contributed by atoms with Crippen molar-refractivity contribution in [3.8, 4) is 5.75 Å². The second kappa shape index (κ2) is 5.52. The molecule has 0 radical (unpaired) electrons. The van der Waals surface area contributed by atoms with Crippen LogP contribution in [0.3, 0.4) is 0 Å². The van der Waals surface area contributed by atoms with Crippen LogP contribution in [0.1, 0.15) is 24.1 Å². The van der Waals surface area contributed by atoms with Crippen molar-refractivity contribution in [2.75, 3.05) is 33.8 Å². The number of nitrogens with zero attached hydrogens (tertiary/aromatic N) is 1. The number of methoxy groups -OCH3 is 1. The van der Waals surface area contributed by atoms with E-state index in [1.807, 2.05) is 0 Å². The number of nitrogens with one attached hydrogen (secondary N) is 1. The minimum absolute atomic E-state index is 0.466. The van der Waals surface area contributed by atoms with Crippen molar-refractivity contribution in [2.45, 2.75) is 19.4 Å². The highest BCUT2D eigenvalue weighted by Gasteiger charge is 2.24. The topological polar surface area (TPSA) is 24.5 Å². The molecule has 0 saturated heterocycles. The van der Waals surface area contributed by atoms with Crippen LogP contribution < -0.4 is 10.1 Å². The maximum absolute atomic E-state index is 5.33. The number of benzene rings is 1. The summed E-state index contributed by atoms with van der Waals surface area (Å²) in [6, 6.07) is 6.93. The first-order valence-electron chi connectivity index (χ1n) is 6.34. The highest BCUT2D eigenvalue weighted by atomic mass is 16.5. The molecule has 17 heavy (non-hydrogen) atoms. The number of hydrogen-bond donors (Lipinski definition) is 1. The third-order valence-electron chi connectivity index (χ3n) is 3.57. The zero-order valence-corrected chi connectivity index (χ0v) is 11.0. The third-order valence-corrected chi connectivity index (χ3v) is 3.57. The second-order valence-corrected chi connectivity index (χ2v) is 4.62. The molecule has 1 aromatic carbocycles. The van der Waals surface area contributed by atoms with Crippen molar-refractivity contribution in [3.05, 3.63) is 29.3 Å². The summed E-state index contributed by atoms with van der Waals surface area (Å²) >= 11 is 0. The molecule has 0 aromatic heterocycles. The molecule has 1 unspecified atom stereocenters. The molecule has 0 saturated carbocycles. The van der Waals surface area contributed by atoms with Crippen LogP contribution in [0.5, 0.6) is 5.75 Å². The molecule has 1 heterocycles. The van der Waals surface area contributed by atoms with E-state index in [0.717, 1.165) is 31.8 Å². The van der Waals surface area contributed by atoms with Gasteiger partial charge in [-0.2, -0.15) is 0 Å². The fourth-order valence-corrected chi connectivity index (χ4v) is 2.47. The van der Waals surface area contributed by atoms with Gasteiger partial charge in [-0.05, 0) is 43.3 Å². The van der Waals surface area contributed by atoms with E-state index in [2.05, 4.69) is 42.4 Å². The summed E-state index contributed by atoms with van der Waals surface area (Å²) in [6.07, 6.45) is 1.14. The molecular weight excluding hydrogens is 212 g/mol. The monoisotopic (exact) mass is 234 g/mol. The molecule has 3 nitrogen and oxygen atoms in total. The molecule has 0 aliphatic carbocycles. The van der Waals surface area contributed by atoms with Crippen LogP contribution in [0.25, 0.3) is 0 Å². The molecule has 0 bridgehead atoms. The summed E-state index contributed by atoms with van der Waals surface area (Å²) in [5.41, 5.74) is 2.88. The van der Waals surface area contributed by atoms with Gasteiger partial charge in [-0.3, -0.25) is 4.90 Å². The van der Waals surface area contributed by atoms with Gasteiger partial charge in [-0.1, -0.05) is 13.0 Å². The Bertz CT molecular complexity index is 378. The van der Waals surface area contributed by atoms with Gasteiger partial charge >= 0.3 is 0 Å². The maximum atomic E-state index is 5.33. The lowest BCUT2D eigenvalue weighted by atomic mass is 9.92. The van der Waals surface area contributed by atoms with Gasteiger partial charge in [-0.25, -0.2) is 0 Å². The average Bonchev–Trinajstić information content (AvgIpc) is 2.37. The van der Waals surface area contributed by atoms with E-state index in [4.69, 9.17) is 4.74 Å². The van der Waals surface area contributed by atoms with Crippen LogP contribution in [0.15, 0.2) is 18.2 Å². The van der Waals surface area contributed by atoms with Gasteiger partial charge in [0.15, 0.2) is 0 Å². The molecule has 3 heteroatoms. The lowest BCUT2D eigenvalue weighted by molar-refractivity contribution is 0.225. The van der Waals surface area contributed by atoms with E-state index in [0.29, 0.717) is 6.04 Å². The molecule has 0 amide bonds. The van der Waals surface area contributed by atoms with Crippen LogP contribution in [-0.4, -0.2) is 38.7 Å². The van der Waals surface area contributed by atoms with E-state index < -0.39 is 0 Å². The Labute approximate surface area is 104 Å². The molecule has 1 aliphatic rings. The summed E-state index contributed by atoms with van der Waals surface area (Å²) in [5.74, 6) is 0.959. The highest BCUT2D eigenvalue weighted by Crippen LogP contribution is 2.31. The van der Waals surface area contributed by atoms with Crippen molar-refractivity contribution >= 4 is 0 Å². The van der Waals surface area contributed by atoms with Crippen LogP contribution in [0.2, 0.25) is 0 Å². The third kappa shape index (κ3) is 2.61. The van der Waals surface area contributed by atoms with Gasteiger partial charge in [0.2, 0.25) is 0 Å². The normalized spacial score (nSPS) is 20.1. The Hall–Kier alpha value is -1.06. The first-order valence-corrected chi connectivity index (χ1v) is 6.34. The molecule has 94 valence electrons. The van der Waals surface area contributed by atoms with Gasteiger partial charge in [0.1, 0.15) is 5.75 Å². The van der Waals surface area contributed by atoms with Crippen LogP contribution in [0.4, 0.5) is 0 Å². The van der Waals surface area contributed by atoms with Gasteiger partial charge in [0, 0.05) is 19.1 Å². The number of likely N-dealkylation sites (N-methyl/N-ethyl adjacent to an activating group) is 2. The van der Waals surface area contributed by atoms with Crippen LogP contribution >= 0.6 is 0 Å². The lowest BCUT2D eigenvalue weighted by Crippen LogP contribution is -2.38. The highest BCUT2D eigenvalue weighted by molar-refractivity contribution is 5.39. The van der Waals surface area contributed by atoms with Crippen molar-refractivity contribution in [2.24, 2.45) is 0 Å². The number of fused-ring (bicyclic) bond motifs is 1. The standard InChI is InChI=1S/C14H22N2O/c1-4-15-10-14-13-9-12(17-3)6-5-11(13)7-8-16(14)2/h5-6,9,14-15H,4,7-8,10H2,1-3H3. The van der Waals surface area contributed by atoms with Gasteiger partial charge in [0.05, 0.1) is 7.11 Å². The number of ether oxygens (including phenoxy) is 1. The Kier molecular flexibility index (Phi) is 4.02. The maximum Gasteiger partial charge on any atom is 0.119 e. The molecule has 2 rings (SSSR count). The minimum Gasteiger partial charge on any atom is -0.497 e. The average molecular weight is 234 g/mol. The Morgan fingerprint density at radius 1 is 1.47 bits per heavy atom. The second-order valence-electron chi connectivity index (χ2n) is 4.62. The predicted molar refractivity (Wildman–Crippen MR) is 70.6 cm³/mol. The molecule has 0 fully saturated rings. The van der Waals surface area contributed by atoms with E-state index in [1.54, 1.807) is 7.11 Å². The van der Waals surface area contributed by atoms with Crippen LogP contribution in [-0.2, 0) is 6.42 Å². The summed E-state index contributed by atoms with van der Waals surface area (Å²) in [7, 11) is 3.93. The van der Waals surface area contributed by atoms with Crippen LogP contribution in [0, 0.1) is 0 Å². The Morgan fingerprint density at radius 3 is 3.00 bits per heavy atom. The van der Waals surface area contributed by atoms with Gasteiger partial charge in [-0.15, -0.1) is 0 Å². The van der Waals surface area contributed by atoms with Gasteiger partial charge in [0.25, 0.3) is 0 Å². The number of hydrogen-bond acceptors (Lipinski definition) is 3. The van der Waals surface area contributed by atoms with E-state index in [9.17, 15) is 0 Å². The fourth-order valence-electron chi connectivity index (χ4n) is 2.47. The molecule has 1 N–H and O–H groups in total. The SMILES string of the molecule is CCNCC1c2cc(OC)ccc2CCN1C. The minimum atomic E-state index is 0.466. The molecular formula is C14H22N2O. The fraction of sp³-hybridized carbons (Fsp3) is 0.571. The summed E-state index contributed by atoms with van der Waals surface area (Å²) in [6.45, 7) is 5.31. The van der Waals surface area contributed by atoms with E-state index >= 15 is 0 Å². The Morgan fingerprint density at radius 2 is 2.29 bits per heavy atom. The summed E-state index contributed by atoms with van der Waals surface area (Å²) < 4.78 is 5.33. The quantitative estimate of drug-likeness (QED) is 0.860. The van der Waals surface area contributed by atoms with Crippen molar-refractivity contribution in [3.63, 3.8) is 0 Å². The van der Waals surface area contributed by atoms with Crippen molar-refractivity contribution < 1.29 is 4.74 Å². The summed E-state index contributed by atoms with van der Waals surface area (Å²) in [5, 5.41) is 3.44. The molecule has 1 aliphatic heterocycles. The first-order chi connectivity index (χ1) is 8.26. The number of rotatable bonds is 4. The predicted octanol–water partition coefficient (Wildman–Crippen LogP) is 1.83. The van der Waals surface area contributed by atoms with Crippen molar-refractivity contribution in [1.29, 1.82) is 0 Å². The van der Waals surface area contributed by atoms with Crippen molar-refractivity contribution in [1.82, 2.24) is 10.2 Å².